The fourth-order valence-corrected chi connectivity index (χ4v) is 2.20. The average Bonchev–Trinajstić information content (AvgIpc) is 3.18. The molecule has 0 spiro atoms. The number of rotatable bonds is 6. The van der Waals surface area contributed by atoms with Crippen LogP contribution in [-0.4, -0.2) is 28.9 Å². The van der Waals surface area contributed by atoms with Crippen molar-refractivity contribution >= 4 is 5.69 Å². The van der Waals surface area contributed by atoms with Gasteiger partial charge in [-0.3, -0.25) is 4.79 Å². The normalized spacial score (nSPS) is 16.6. The van der Waals surface area contributed by atoms with Crippen LogP contribution in [0.5, 0.6) is 0 Å². The molecule has 0 aromatic carbocycles. The van der Waals surface area contributed by atoms with Gasteiger partial charge in [0.1, 0.15) is 0 Å². The Hall–Kier alpha value is -1.36. The van der Waals surface area contributed by atoms with E-state index in [-0.39, 0.29) is 11.6 Å². The molecule has 0 bridgehead atoms. The largest absolute Gasteiger partial charge is 0.371 e. The van der Waals surface area contributed by atoms with Gasteiger partial charge < -0.3 is 10.6 Å². The molecule has 5 nitrogen and oxygen atoms in total. The number of nitrogens with zero attached hydrogens (tertiary/aromatic N) is 3. The highest BCUT2D eigenvalue weighted by atomic mass is 16.1. The second-order valence-electron chi connectivity index (χ2n) is 4.91. The van der Waals surface area contributed by atoms with Crippen molar-refractivity contribution in [1.82, 2.24) is 9.78 Å². The number of hydrogen-bond acceptors (Lipinski definition) is 4. The minimum absolute atomic E-state index is 0.0597. The number of nitrogens with two attached hydrogens (primary N) is 1. The van der Waals surface area contributed by atoms with Gasteiger partial charge in [0.2, 0.25) is 0 Å². The van der Waals surface area contributed by atoms with Gasteiger partial charge >= 0.3 is 0 Å². The third-order valence-corrected chi connectivity index (χ3v) is 3.59. The molecule has 0 radical (unpaired) electrons. The summed E-state index contributed by atoms with van der Waals surface area (Å²) in [7, 11) is 0. The van der Waals surface area contributed by atoms with Gasteiger partial charge in [0.15, 0.2) is 0 Å². The molecule has 5 heteroatoms. The molecule has 1 aliphatic carbocycles. The summed E-state index contributed by atoms with van der Waals surface area (Å²) >= 11 is 0. The van der Waals surface area contributed by atoms with Gasteiger partial charge in [-0.15, -0.1) is 0 Å². The molecule has 1 aromatic rings. The van der Waals surface area contributed by atoms with Crippen molar-refractivity contribution in [3.05, 3.63) is 22.6 Å². The molecule has 1 unspecified atom stereocenters. The van der Waals surface area contributed by atoms with Crippen LogP contribution in [-0.2, 0) is 6.54 Å². The van der Waals surface area contributed by atoms with Gasteiger partial charge in [-0.05, 0) is 32.6 Å². The lowest BCUT2D eigenvalue weighted by molar-refractivity contribution is 0.454. The maximum Gasteiger partial charge on any atom is 0.268 e. The predicted molar refractivity (Wildman–Crippen MR) is 72.8 cm³/mol. The predicted octanol–water partition coefficient (Wildman–Crippen LogP) is 0.827. The molecular weight excluding hydrogens is 228 g/mol. The first-order valence-electron chi connectivity index (χ1n) is 6.73. The summed E-state index contributed by atoms with van der Waals surface area (Å²) < 4.78 is 1.48. The van der Waals surface area contributed by atoms with Gasteiger partial charge in [0, 0.05) is 25.2 Å². The van der Waals surface area contributed by atoms with Crippen LogP contribution in [0.4, 0.5) is 5.69 Å². The van der Waals surface area contributed by atoms with E-state index in [1.165, 1.54) is 17.5 Å². The van der Waals surface area contributed by atoms with Crippen LogP contribution in [0.15, 0.2) is 17.1 Å². The van der Waals surface area contributed by atoms with E-state index in [4.69, 9.17) is 5.73 Å². The van der Waals surface area contributed by atoms with Crippen LogP contribution in [0.2, 0.25) is 0 Å². The second-order valence-corrected chi connectivity index (χ2v) is 4.91. The Bertz CT molecular complexity index is 449. The van der Waals surface area contributed by atoms with Crippen LogP contribution >= 0.6 is 0 Å². The van der Waals surface area contributed by atoms with Crippen LogP contribution in [0.3, 0.4) is 0 Å². The first kappa shape index (κ1) is 13.1. The molecule has 100 valence electrons. The molecule has 1 saturated carbocycles. The molecule has 1 aromatic heterocycles. The monoisotopic (exact) mass is 250 g/mol. The topological polar surface area (TPSA) is 64.2 Å². The molecule has 0 aliphatic heterocycles. The maximum absolute atomic E-state index is 12.0. The zero-order valence-corrected chi connectivity index (χ0v) is 11.2. The first-order valence-corrected chi connectivity index (χ1v) is 6.73. The van der Waals surface area contributed by atoms with Crippen molar-refractivity contribution in [2.45, 2.75) is 39.3 Å². The molecule has 0 saturated heterocycles. The Morgan fingerprint density at radius 2 is 2.17 bits per heavy atom. The third-order valence-electron chi connectivity index (χ3n) is 3.59. The SMILES string of the molecule is CCN(CC)c1cnn(CC(N)C2CC2)c(=O)c1. The van der Waals surface area contributed by atoms with Gasteiger partial charge in [0.05, 0.1) is 18.4 Å². The van der Waals surface area contributed by atoms with E-state index < -0.39 is 0 Å². The molecule has 1 aliphatic rings. The van der Waals surface area contributed by atoms with Crippen molar-refractivity contribution in [3.63, 3.8) is 0 Å². The molecule has 2 rings (SSSR count). The Morgan fingerprint density at radius 1 is 1.50 bits per heavy atom. The first-order chi connectivity index (χ1) is 8.65. The van der Waals surface area contributed by atoms with Gasteiger partial charge in [-0.1, -0.05) is 0 Å². The Balaban J connectivity index is 2.11. The van der Waals surface area contributed by atoms with Crippen LogP contribution in [0, 0.1) is 5.92 Å². The lowest BCUT2D eigenvalue weighted by Crippen LogP contribution is -2.35. The molecule has 1 atom stereocenters. The number of hydrogen-bond donors (Lipinski definition) is 1. The molecule has 1 heterocycles. The summed E-state index contributed by atoms with van der Waals surface area (Å²) in [5.41, 5.74) is 6.85. The highest BCUT2D eigenvalue weighted by molar-refractivity contribution is 5.42. The van der Waals surface area contributed by atoms with E-state index in [0.717, 1.165) is 18.8 Å². The average molecular weight is 250 g/mol. The Labute approximate surface area is 108 Å². The van der Waals surface area contributed by atoms with Gasteiger partial charge in [-0.25, -0.2) is 4.68 Å². The summed E-state index contributed by atoms with van der Waals surface area (Å²) in [5.74, 6) is 0.584. The zero-order valence-electron chi connectivity index (χ0n) is 11.2. The minimum atomic E-state index is -0.0597. The van der Waals surface area contributed by atoms with E-state index in [2.05, 4.69) is 23.8 Å². The van der Waals surface area contributed by atoms with Crippen molar-refractivity contribution < 1.29 is 0 Å². The van der Waals surface area contributed by atoms with Crippen LogP contribution in [0.25, 0.3) is 0 Å². The molecule has 1 fully saturated rings. The summed E-state index contributed by atoms with van der Waals surface area (Å²) in [4.78, 5) is 14.1. The Morgan fingerprint density at radius 3 is 2.67 bits per heavy atom. The van der Waals surface area contributed by atoms with E-state index in [0.29, 0.717) is 12.5 Å². The standard InChI is InChI=1S/C13H22N4O/c1-3-16(4-2)11-7-13(18)17(15-8-11)9-12(14)10-5-6-10/h7-8,10,12H,3-6,9,14H2,1-2H3. The van der Waals surface area contributed by atoms with Crippen molar-refractivity contribution in [2.24, 2.45) is 11.7 Å². The number of anilines is 1. The van der Waals surface area contributed by atoms with E-state index in [1.54, 1.807) is 12.3 Å². The summed E-state index contributed by atoms with van der Waals surface area (Å²) in [5, 5.41) is 4.23. The summed E-state index contributed by atoms with van der Waals surface area (Å²) in [6.07, 6.45) is 4.13. The fourth-order valence-electron chi connectivity index (χ4n) is 2.20. The van der Waals surface area contributed by atoms with Crippen LogP contribution < -0.4 is 16.2 Å². The zero-order chi connectivity index (χ0) is 13.1. The van der Waals surface area contributed by atoms with Crippen molar-refractivity contribution in [3.8, 4) is 0 Å². The van der Waals surface area contributed by atoms with Gasteiger partial charge in [0.25, 0.3) is 5.56 Å². The lowest BCUT2D eigenvalue weighted by atomic mass is 10.2. The quantitative estimate of drug-likeness (QED) is 0.812. The summed E-state index contributed by atoms with van der Waals surface area (Å²) in [6, 6.07) is 1.72. The Kier molecular flexibility index (Phi) is 4.01. The third kappa shape index (κ3) is 2.90. The molecule has 18 heavy (non-hydrogen) atoms. The van der Waals surface area contributed by atoms with E-state index >= 15 is 0 Å². The minimum Gasteiger partial charge on any atom is -0.371 e. The molecule has 2 N–H and O–H groups in total. The summed E-state index contributed by atoms with van der Waals surface area (Å²) in [6.45, 7) is 6.42. The molecule has 0 amide bonds. The smallest absolute Gasteiger partial charge is 0.268 e. The highest BCUT2D eigenvalue weighted by Crippen LogP contribution is 2.31. The van der Waals surface area contributed by atoms with Crippen molar-refractivity contribution in [1.29, 1.82) is 0 Å². The van der Waals surface area contributed by atoms with Crippen LogP contribution in [0.1, 0.15) is 26.7 Å². The van der Waals surface area contributed by atoms with E-state index in [1.807, 2.05) is 0 Å². The maximum atomic E-state index is 12.0. The molecular formula is C13H22N4O. The highest BCUT2D eigenvalue weighted by Gasteiger charge is 2.28. The van der Waals surface area contributed by atoms with Gasteiger partial charge in [-0.2, -0.15) is 5.10 Å². The van der Waals surface area contributed by atoms with E-state index in [9.17, 15) is 4.79 Å². The lowest BCUT2D eigenvalue weighted by Gasteiger charge is -2.20. The fraction of sp³-hybridized carbons (Fsp3) is 0.692. The van der Waals surface area contributed by atoms with Crippen molar-refractivity contribution in [2.75, 3.05) is 18.0 Å². The number of aromatic nitrogens is 2. The second kappa shape index (κ2) is 5.52.